The molecule has 5 atom stereocenters. The molecule has 5 unspecified atom stereocenters. The van der Waals surface area contributed by atoms with Crippen molar-refractivity contribution in [3.8, 4) is 0 Å². The van der Waals surface area contributed by atoms with Gasteiger partial charge in [-0.2, -0.15) is 0 Å². The molecule has 1 aliphatic heterocycles. The third-order valence-corrected chi connectivity index (χ3v) is 6.00. The molecule has 0 radical (unpaired) electrons. The lowest BCUT2D eigenvalue weighted by Gasteiger charge is -2.55. The number of rotatable bonds is 4. The van der Waals surface area contributed by atoms with Crippen LogP contribution in [0.1, 0.15) is 46.0 Å². The largest absolute Gasteiger partial charge is 0.396 e. The first kappa shape index (κ1) is 13.8. The van der Waals surface area contributed by atoms with Crippen LogP contribution in [0.5, 0.6) is 0 Å². The molecule has 0 aromatic heterocycles. The molecule has 3 heteroatoms. The zero-order valence-electron chi connectivity index (χ0n) is 12.4. The van der Waals surface area contributed by atoms with Crippen molar-refractivity contribution in [2.75, 3.05) is 19.8 Å². The Hall–Kier alpha value is -0.120. The summed E-state index contributed by atoms with van der Waals surface area (Å²) in [5, 5.41) is 13.3. The van der Waals surface area contributed by atoms with Gasteiger partial charge in [-0.05, 0) is 37.6 Å². The minimum Gasteiger partial charge on any atom is -0.396 e. The van der Waals surface area contributed by atoms with E-state index >= 15 is 0 Å². The highest BCUT2D eigenvalue weighted by Gasteiger charge is 2.59. The fourth-order valence-electron chi connectivity index (χ4n) is 4.81. The van der Waals surface area contributed by atoms with E-state index in [0.29, 0.717) is 30.6 Å². The molecule has 3 nitrogen and oxygen atoms in total. The van der Waals surface area contributed by atoms with Crippen molar-refractivity contribution < 1.29 is 9.84 Å². The predicted octanol–water partition coefficient (Wildman–Crippen LogP) is 2.19. The minimum atomic E-state index is 0.282. The van der Waals surface area contributed by atoms with Crippen LogP contribution in [-0.2, 0) is 4.74 Å². The third-order valence-electron chi connectivity index (χ3n) is 6.00. The highest BCUT2D eigenvalue weighted by atomic mass is 16.5. The smallest absolute Gasteiger partial charge is 0.0685 e. The Morgan fingerprint density at radius 3 is 2.63 bits per heavy atom. The van der Waals surface area contributed by atoms with Crippen LogP contribution in [0.25, 0.3) is 0 Å². The van der Waals surface area contributed by atoms with Crippen LogP contribution in [0.4, 0.5) is 0 Å². The number of hydrogen-bond donors (Lipinski definition) is 2. The first-order valence-corrected chi connectivity index (χ1v) is 8.10. The Balaban J connectivity index is 1.54. The number of ether oxygens (including phenoxy) is 1. The first-order valence-electron chi connectivity index (χ1n) is 8.10. The highest BCUT2D eigenvalue weighted by molar-refractivity contribution is 5.11. The summed E-state index contributed by atoms with van der Waals surface area (Å²) in [7, 11) is 0. The van der Waals surface area contributed by atoms with E-state index < -0.39 is 0 Å². The van der Waals surface area contributed by atoms with Crippen LogP contribution in [0.2, 0.25) is 0 Å². The summed E-state index contributed by atoms with van der Waals surface area (Å²) in [6.45, 7) is 7.07. The van der Waals surface area contributed by atoms with Crippen LogP contribution in [0.3, 0.4) is 0 Å². The van der Waals surface area contributed by atoms with Gasteiger partial charge in [-0.15, -0.1) is 0 Å². The summed E-state index contributed by atoms with van der Waals surface area (Å²) in [5.74, 6) is 1.93. The topological polar surface area (TPSA) is 41.5 Å². The Morgan fingerprint density at radius 1 is 1.16 bits per heavy atom. The summed E-state index contributed by atoms with van der Waals surface area (Å²) in [4.78, 5) is 0. The van der Waals surface area contributed by atoms with Crippen LogP contribution in [0, 0.1) is 23.2 Å². The van der Waals surface area contributed by atoms with Crippen LogP contribution in [0.15, 0.2) is 0 Å². The summed E-state index contributed by atoms with van der Waals surface area (Å²) in [5.41, 5.74) is 0.282. The molecular formula is C16H29NO2. The fourth-order valence-corrected chi connectivity index (χ4v) is 4.81. The van der Waals surface area contributed by atoms with Gasteiger partial charge < -0.3 is 15.2 Å². The molecule has 1 heterocycles. The second-order valence-corrected chi connectivity index (χ2v) is 7.44. The van der Waals surface area contributed by atoms with Gasteiger partial charge in [-0.25, -0.2) is 0 Å². The van der Waals surface area contributed by atoms with E-state index in [-0.39, 0.29) is 5.41 Å². The average molecular weight is 267 g/mol. The van der Waals surface area contributed by atoms with Gasteiger partial charge in [0.1, 0.15) is 0 Å². The normalized spacial score (nSPS) is 44.7. The maximum Gasteiger partial charge on any atom is 0.0685 e. The van der Waals surface area contributed by atoms with Crippen LogP contribution < -0.4 is 5.32 Å². The van der Waals surface area contributed by atoms with E-state index in [0.717, 1.165) is 19.1 Å². The molecule has 2 saturated carbocycles. The van der Waals surface area contributed by atoms with Crippen molar-refractivity contribution in [2.45, 2.75) is 58.1 Å². The molecule has 0 aromatic rings. The van der Waals surface area contributed by atoms with E-state index in [9.17, 15) is 5.11 Å². The lowest BCUT2D eigenvalue weighted by atomic mass is 9.57. The van der Waals surface area contributed by atoms with Gasteiger partial charge in [0.25, 0.3) is 0 Å². The predicted molar refractivity (Wildman–Crippen MR) is 76.0 cm³/mol. The van der Waals surface area contributed by atoms with E-state index in [1.54, 1.807) is 0 Å². The number of fused-ring (bicyclic) bond motifs is 1. The van der Waals surface area contributed by atoms with Crippen molar-refractivity contribution in [3.05, 3.63) is 0 Å². The minimum absolute atomic E-state index is 0.282. The van der Waals surface area contributed by atoms with Gasteiger partial charge >= 0.3 is 0 Å². The van der Waals surface area contributed by atoms with Crippen molar-refractivity contribution in [1.29, 1.82) is 0 Å². The second kappa shape index (κ2) is 5.34. The molecule has 1 saturated heterocycles. The van der Waals surface area contributed by atoms with Crippen LogP contribution >= 0.6 is 0 Å². The molecule has 0 aromatic carbocycles. The number of aliphatic hydroxyl groups is 1. The molecule has 2 aliphatic carbocycles. The molecule has 3 rings (SSSR count). The van der Waals surface area contributed by atoms with Crippen molar-refractivity contribution >= 4 is 0 Å². The molecule has 19 heavy (non-hydrogen) atoms. The lowest BCUT2D eigenvalue weighted by molar-refractivity contribution is -0.114. The van der Waals surface area contributed by atoms with E-state index in [4.69, 9.17) is 4.74 Å². The van der Waals surface area contributed by atoms with Gasteiger partial charge in [0, 0.05) is 30.6 Å². The van der Waals surface area contributed by atoms with Gasteiger partial charge in [0.2, 0.25) is 0 Å². The Morgan fingerprint density at radius 2 is 1.89 bits per heavy atom. The number of nitrogens with one attached hydrogen (secondary N) is 1. The zero-order valence-corrected chi connectivity index (χ0v) is 12.4. The molecular weight excluding hydrogens is 238 g/mol. The third kappa shape index (κ3) is 2.34. The van der Waals surface area contributed by atoms with Gasteiger partial charge in [0.15, 0.2) is 0 Å². The van der Waals surface area contributed by atoms with Crippen molar-refractivity contribution in [1.82, 2.24) is 5.32 Å². The summed E-state index contributed by atoms with van der Waals surface area (Å²) in [6, 6.07) is 0.612. The molecule has 3 fully saturated rings. The van der Waals surface area contributed by atoms with Crippen molar-refractivity contribution in [2.24, 2.45) is 23.2 Å². The summed E-state index contributed by atoms with van der Waals surface area (Å²) < 4.78 is 5.85. The monoisotopic (exact) mass is 267 g/mol. The molecule has 0 bridgehead atoms. The molecule has 0 amide bonds. The quantitative estimate of drug-likeness (QED) is 0.820. The Labute approximate surface area is 117 Å². The first-order chi connectivity index (χ1) is 9.14. The second-order valence-electron chi connectivity index (χ2n) is 7.44. The van der Waals surface area contributed by atoms with Gasteiger partial charge in [0.05, 0.1) is 6.10 Å². The number of hydrogen-bond acceptors (Lipinski definition) is 3. The maximum atomic E-state index is 9.50. The highest BCUT2D eigenvalue weighted by Crippen LogP contribution is 2.52. The summed E-state index contributed by atoms with van der Waals surface area (Å²) in [6.07, 6.45) is 6.84. The van der Waals surface area contributed by atoms with Crippen LogP contribution in [-0.4, -0.2) is 37.0 Å². The number of aliphatic hydroxyl groups excluding tert-OH is 1. The average Bonchev–Trinajstić information content (AvgIpc) is 2.86. The fraction of sp³-hybridized carbons (Fsp3) is 1.00. The molecule has 2 N–H and O–H groups in total. The van der Waals surface area contributed by atoms with E-state index in [1.165, 1.54) is 32.1 Å². The lowest BCUT2D eigenvalue weighted by Crippen LogP contribution is -2.66. The SMILES string of the molecule is CC1(C)C(NCC2CCCCC2CO)C2CCOC21. The van der Waals surface area contributed by atoms with Crippen molar-refractivity contribution in [3.63, 3.8) is 0 Å². The molecule has 0 spiro atoms. The van der Waals surface area contributed by atoms with E-state index in [1.807, 2.05) is 0 Å². The summed E-state index contributed by atoms with van der Waals surface area (Å²) >= 11 is 0. The molecule has 110 valence electrons. The van der Waals surface area contributed by atoms with Gasteiger partial charge in [-0.3, -0.25) is 0 Å². The molecule has 3 aliphatic rings. The van der Waals surface area contributed by atoms with E-state index in [2.05, 4.69) is 19.2 Å². The standard InChI is InChI=1S/C16H29NO2/c1-16(2)14(13-7-8-19-15(13)16)17-9-11-5-3-4-6-12(11)10-18/h11-15,17-18H,3-10H2,1-2H3. The Bertz CT molecular complexity index is 318. The van der Waals surface area contributed by atoms with Gasteiger partial charge in [-0.1, -0.05) is 26.7 Å². The maximum absolute atomic E-state index is 9.50. The Kier molecular flexibility index (Phi) is 3.89. The zero-order chi connectivity index (χ0) is 13.5.